The van der Waals surface area contributed by atoms with Crippen molar-refractivity contribution in [2.45, 2.75) is 41.0 Å². The lowest BCUT2D eigenvalue weighted by Crippen LogP contribution is -2.38. The molecule has 3 N–H and O–H groups in total. The van der Waals surface area contributed by atoms with Crippen LogP contribution in [0.5, 0.6) is 5.75 Å². The van der Waals surface area contributed by atoms with Crippen molar-refractivity contribution >= 4 is 58.2 Å². The SMILES string of the molecule is CC1C(CSc2nnnn2-c2ccc(O)cc2)OC(c2cccc(NC(=O)C(Cl)(Cl)Cl)c2)OC1c1ccc(CO)cc1. The molecule has 1 aliphatic heterocycles. The topological polar surface area (TPSA) is 132 Å². The van der Waals surface area contributed by atoms with Crippen LogP contribution in [0.3, 0.4) is 0 Å². The van der Waals surface area contributed by atoms with E-state index in [4.69, 9.17) is 44.3 Å². The van der Waals surface area contributed by atoms with Crippen molar-refractivity contribution in [2.24, 2.45) is 5.92 Å². The number of aromatic hydroxyl groups is 1. The van der Waals surface area contributed by atoms with Crippen molar-refractivity contribution in [2.75, 3.05) is 11.1 Å². The van der Waals surface area contributed by atoms with E-state index in [1.54, 1.807) is 47.1 Å². The highest BCUT2D eigenvalue weighted by Gasteiger charge is 2.39. The summed E-state index contributed by atoms with van der Waals surface area (Å²) in [5, 5.41) is 34.4. The first-order valence-electron chi connectivity index (χ1n) is 12.8. The third-order valence-electron chi connectivity index (χ3n) is 6.71. The first-order chi connectivity index (χ1) is 20.1. The van der Waals surface area contributed by atoms with Crippen LogP contribution in [0.4, 0.5) is 5.69 Å². The van der Waals surface area contributed by atoms with Crippen LogP contribution >= 0.6 is 46.6 Å². The molecule has 5 rings (SSSR count). The highest BCUT2D eigenvalue weighted by molar-refractivity contribution is 7.99. The molecule has 0 aliphatic carbocycles. The summed E-state index contributed by atoms with van der Waals surface area (Å²) in [4.78, 5) is 12.2. The number of amides is 1. The molecule has 1 amide bonds. The number of carbonyl (C=O) groups is 1. The summed E-state index contributed by atoms with van der Waals surface area (Å²) in [6.07, 6.45) is -1.44. The molecule has 4 aromatic rings. The molecule has 0 bridgehead atoms. The van der Waals surface area contributed by atoms with E-state index >= 15 is 0 Å². The Hall–Kier alpha value is -2.90. The molecular weight excluding hydrogens is 625 g/mol. The van der Waals surface area contributed by atoms with Gasteiger partial charge in [0.2, 0.25) is 5.16 Å². The van der Waals surface area contributed by atoms with Gasteiger partial charge in [0, 0.05) is 22.9 Å². The van der Waals surface area contributed by atoms with Gasteiger partial charge in [0.1, 0.15) is 5.75 Å². The number of tetrazole rings is 1. The number of halogens is 3. The number of phenols is 1. The van der Waals surface area contributed by atoms with E-state index in [0.29, 0.717) is 27.8 Å². The lowest BCUT2D eigenvalue weighted by Gasteiger charge is -2.41. The molecular formula is C28H26Cl3N5O5S. The molecule has 3 aromatic carbocycles. The molecule has 42 heavy (non-hydrogen) atoms. The zero-order chi connectivity index (χ0) is 29.9. The standard InChI is InChI=1S/C28H26Cl3N5O5S/c1-16-23(15-42-27-33-34-35-36(27)21-9-11-22(38)12-10-21)40-25(41-24(16)18-7-5-17(14-37)6-8-18)19-3-2-4-20(13-19)32-26(39)28(29,30)31/h2-13,16,23-25,37-38H,14-15H2,1H3,(H,32,39). The number of nitrogens with zero attached hydrogens (tertiary/aromatic N) is 4. The number of rotatable bonds is 8. The van der Waals surface area contributed by atoms with Crippen LogP contribution in [-0.2, 0) is 20.9 Å². The number of thioether (sulfide) groups is 1. The van der Waals surface area contributed by atoms with Crippen LogP contribution < -0.4 is 5.32 Å². The Labute approximate surface area is 260 Å². The Morgan fingerprint density at radius 2 is 1.79 bits per heavy atom. The molecule has 1 saturated heterocycles. The number of hydrogen-bond acceptors (Lipinski definition) is 9. The number of alkyl halides is 3. The van der Waals surface area contributed by atoms with Gasteiger partial charge in [-0.1, -0.05) is 89.9 Å². The Balaban J connectivity index is 1.40. The Bertz CT molecular complexity index is 1520. The lowest BCUT2D eigenvalue weighted by molar-refractivity contribution is -0.268. The quantitative estimate of drug-likeness (QED) is 0.161. The average molecular weight is 651 g/mol. The number of anilines is 1. The van der Waals surface area contributed by atoms with E-state index in [1.165, 1.54) is 11.8 Å². The maximum absolute atomic E-state index is 12.2. The molecule has 1 aliphatic rings. The molecule has 1 fully saturated rings. The highest BCUT2D eigenvalue weighted by Crippen LogP contribution is 2.43. The van der Waals surface area contributed by atoms with Gasteiger partial charge in [-0.25, -0.2) is 0 Å². The summed E-state index contributed by atoms with van der Waals surface area (Å²) in [5.41, 5.74) is 3.50. The van der Waals surface area contributed by atoms with Crippen LogP contribution in [0, 0.1) is 5.92 Å². The number of aromatic nitrogens is 4. The second-order valence-electron chi connectivity index (χ2n) is 9.60. The van der Waals surface area contributed by atoms with Gasteiger partial charge in [0.05, 0.1) is 24.5 Å². The fraction of sp³-hybridized carbons (Fsp3) is 0.286. The van der Waals surface area contributed by atoms with Crippen LogP contribution in [0.25, 0.3) is 5.69 Å². The predicted octanol–water partition coefficient (Wildman–Crippen LogP) is 5.75. The summed E-state index contributed by atoms with van der Waals surface area (Å²) in [7, 11) is 0. The highest BCUT2D eigenvalue weighted by atomic mass is 35.6. The zero-order valence-electron chi connectivity index (χ0n) is 22.1. The zero-order valence-corrected chi connectivity index (χ0v) is 25.2. The molecule has 1 aromatic heterocycles. The third-order valence-corrected chi connectivity index (χ3v) is 8.23. The molecule has 0 saturated carbocycles. The van der Waals surface area contributed by atoms with Gasteiger partial charge < -0.3 is 25.0 Å². The molecule has 0 radical (unpaired) electrons. The number of carbonyl (C=O) groups excluding carboxylic acids is 1. The first-order valence-corrected chi connectivity index (χ1v) is 14.9. The van der Waals surface area contributed by atoms with Gasteiger partial charge in [0.15, 0.2) is 6.29 Å². The minimum absolute atomic E-state index is 0.0607. The van der Waals surface area contributed by atoms with E-state index in [0.717, 1.165) is 11.1 Å². The van der Waals surface area contributed by atoms with Crippen molar-refractivity contribution < 1.29 is 24.5 Å². The van der Waals surface area contributed by atoms with Gasteiger partial charge in [-0.2, -0.15) is 4.68 Å². The monoisotopic (exact) mass is 649 g/mol. The van der Waals surface area contributed by atoms with Crippen molar-refractivity contribution in [3.8, 4) is 11.4 Å². The molecule has 2 heterocycles. The Morgan fingerprint density at radius 1 is 1.05 bits per heavy atom. The van der Waals surface area contributed by atoms with Gasteiger partial charge in [-0.15, -0.1) is 5.10 Å². The van der Waals surface area contributed by atoms with Crippen LogP contribution in [-0.4, -0.2) is 52.0 Å². The number of aliphatic hydroxyl groups excluding tert-OH is 1. The summed E-state index contributed by atoms with van der Waals surface area (Å²) in [6.45, 7) is 1.99. The molecule has 10 nitrogen and oxygen atoms in total. The number of benzene rings is 3. The second-order valence-corrected chi connectivity index (χ2v) is 12.9. The Kier molecular flexibility index (Phi) is 9.58. The van der Waals surface area contributed by atoms with E-state index in [1.807, 2.05) is 37.3 Å². The molecule has 4 atom stereocenters. The summed E-state index contributed by atoms with van der Waals surface area (Å²) in [5.74, 6) is -0.232. The minimum atomic E-state index is -2.12. The van der Waals surface area contributed by atoms with E-state index in [9.17, 15) is 15.0 Å². The van der Waals surface area contributed by atoms with E-state index in [-0.39, 0.29) is 30.5 Å². The maximum atomic E-state index is 12.2. The van der Waals surface area contributed by atoms with Gasteiger partial charge in [-0.3, -0.25) is 4.79 Å². The van der Waals surface area contributed by atoms with Crippen molar-refractivity contribution in [3.05, 3.63) is 89.5 Å². The summed E-state index contributed by atoms with van der Waals surface area (Å²) >= 11 is 18.6. The van der Waals surface area contributed by atoms with Gasteiger partial charge >= 0.3 is 0 Å². The fourth-order valence-corrected chi connectivity index (χ4v) is 5.65. The van der Waals surface area contributed by atoms with Crippen molar-refractivity contribution in [3.63, 3.8) is 0 Å². The molecule has 4 unspecified atom stereocenters. The summed E-state index contributed by atoms with van der Waals surface area (Å²) in [6, 6.07) is 21.1. The predicted molar refractivity (Wildman–Crippen MR) is 160 cm³/mol. The first kappa shape index (κ1) is 30.6. The molecule has 220 valence electrons. The molecule has 0 spiro atoms. The van der Waals surface area contributed by atoms with Crippen LogP contribution in [0.1, 0.15) is 36.0 Å². The van der Waals surface area contributed by atoms with E-state index in [2.05, 4.69) is 20.8 Å². The number of aliphatic hydroxyl groups is 1. The largest absolute Gasteiger partial charge is 0.508 e. The minimum Gasteiger partial charge on any atom is -0.508 e. The third kappa shape index (κ3) is 7.17. The van der Waals surface area contributed by atoms with Crippen LogP contribution in [0.15, 0.2) is 78.0 Å². The van der Waals surface area contributed by atoms with Crippen molar-refractivity contribution in [1.82, 2.24) is 20.2 Å². The van der Waals surface area contributed by atoms with Gasteiger partial charge in [-0.05, 0) is 58.0 Å². The number of phenolic OH excluding ortho intramolecular Hbond substituents is 1. The molecule has 14 heteroatoms. The van der Waals surface area contributed by atoms with Crippen molar-refractivity contribution in [1.29, 1.82) is 0 Å². The fourth-order valence-electron chi connectivity index (χ4n) is 4.46. The number of ether oxygens (including phenoxy) is 2. The normalized spacial score (nSPS) is 20.8. The number of nitrogens with one attached hydrogen (secondary N) is 1. The second kappa shape index (κ2) is 13.2. The van der Waals surface area contributed by atoms with Crippen LogP contribution in [0.2, 0.25) is 0 Å². The maximum Gasteiger partial charge on any atom is 0.276 e. The average Bonchev–Trinajstić information content (AvgIpc) is 3.45. The van der Waals surface area contributed by atoms with E-state index < -0.39 is 16.0 Å². The Morgan fingerprint density at radius 3 is 2.48 bits per heavy atom. The lowest BCUT2D eigenvalue weighted by atomic mass is 9.91. The smallest absolute Gasteiger partial charge is 0.276 e. The summed E-state index contributed by atoms with van der Waals surface area (Å²) < 4.78 is 12.4. The van der Waals surface area contributed by atoms with Gasteiger partial charge in [0.25, 0.3) is 9.70 Å². The number of hydrogen-bond donors (Lipinski definition) is 3.